The number of imide groups is 3. The molecule has 7 heterocycles. The fourth-order valence-corrected chi connectivity index (χ4v) is 19.9. The minimum absolute atomic E-state index is 0.0172. The van der Waals surface area contributed by atoms with Gasteiger partial charge in [0, 0.05) is 0 Å². The molecule has 4 fully saturated rings. The third kappa shape index (κ3) is 23.1. The Hall–Kier alpha value is -13.4. The van der Waals surface area contributed by atoms with Crippen LogP contribution in [0.3, 0.4) is 0 Å². The number of benzene rings is 13. The molecule has 145 heavy (non-hydrogen) atoms. The molecule has 6 amide bonds. The first kappa shape index (κ1) is 98.9. The second-order valence-electron chi connectivity index (χ2n) is 36.6. The fourth-order valence-electron chi connectivity index (χ4n) is 19.9. The molecule has 4 saturated heterocycles. The molecule has 1 N–H and O–H groups in total. The van der Waals surface area contributed by atoms with Crippen LogP contribution in [-0.2, 0) is 147 Å². The third-order valence-corrected chi connectivity index (χ3v) is 27.0. The van der Waals surface area contributed by atoms with Crippen molar-refractivity contribution in [2.24, 2.45) is 0 Å². The summed E-state index contributed by atoms with van der Waals surface area (Å²) in [6.07, 6.45) is -26.7. The zero-order valence-corrected chi connectivity index (χ0v) is 79.4. The predicted molar refractivity (Wildman–Crippen MR) is 528 cm³/mol. The molecular weight excluding hydrogens is 1840 g/mol. The molecule has 0 radical (unpaired) electrons. The topological polar surface area (TPSA) is 289 Å². The molecule has 0 aromatic heterocycles. The maximum absolute atomic E-state index is 16.2. The van der Waals surface area contributed by atoms with Gasteiger partial charge >= 0.3 is 0 Å². The number of hydrogen-bond acceptors (Lipinski definition) is 24. The van der Waals surface area contributed by atoms with E-state index in [2.05, 4.69) is 0 Å². The summed E-state index contributed by atoms with van der Waals surface area (Å²) in [6, 6.07) is 109. The number of nitrogens with zero attached hydrogens (tertiary/aromatic N) is 3. The summed E-state index contributed by atoms with van der Waals surface area (Å²) in [6.45, 7) is -2.01. The molecular formula is C118H111N3O24. The Morgan fingerprint density at radius 3 is 0.634 bits per heavy atom. The largest absolute Gasteiger partial charge is 0.374 e. The lowest BCUT2D eigenvalue weighted by atomic mass is 9.92. The summed E-state index contributed by atoms with van der Waals surface area (Å²) in [5.41, 5.74) is 7.85. The number of carbonyl (C=O) groups excluding carboxylic acids is 6. The minimum atomic E-state index is -2.24. The molecule has 0 saturated carbocycles. The van der Waals surface area contributed by atoms with Crippen LogP contribution in [-0.4, -0.2) is 204 Å². The van der Waals surface area contributed by atoms with Gasteiger partial charge in [0.1, 0.15) is 97.5 Å². The quantitative estimate of drug-likeness (QED) is 0.0347. The number of aliphatic hydroxyl groups excluding tert-OH is 1. The average Bonchev–Trinajstić information content (AvgIpc) is 1.68. The van der Waals surface area contributed by atoms with Crippen molar-refractivity contribution >= 4 is 35.4 Å². The second-order valence-corrected chi connectivity index (χ2v) is 36.6. The van der Waals surface area contributed by atoms with E-state index in [9.17, 15) is 5.11 Å². The highest BCUT2D eigenvalue weighted by Crippen LogP contribution is 2.45. The third-order valence-electron chi connectivity index (χ3n) is 27.0. The lowest BCUT2D eigenvalue weighted by Crippen LogP contribution is -2.71. The van der Waals surface area contributed by atoms with Gasteiger partial charge in [-0.1, -0.05) is 340 Å². The van der Waals surface area contributed by atoms with Gasteiger partial charge in [0.25, 0.3) is 35.4 Å². The monoisotopic (exact) mass is 1950 g/mol. The Morgan fingerprint density at radius 2 is 0.386 bits per heavy atom. The van der Waals surface area contributed by atoms with E-state index in [0.717, 1.165) is 53.6 Å². The standard InChI is InChI=1S/C118H111N3O24/c122-109-87-57-31-32-58-88(87)110(123)119(109)97-104(135-69-83-49-23-7-24-50-83)100(132-66-80-43-17-4-18-44-80)93(73-129-63-77-37-11-1-12-38-77)141-116(97)139-76-96-103(144-117-98(120-111(124)89-59-33-34-60-90(89)112(120)125)105(136-70-84-51-25-8-26-52-84)101(133-67-81-45-19-5-20-46-81)94(142-117)74-130-64-78-39-13-2-14-40-78)107(138-72-86-55-29-10-30-56-86)108(115(128)140-96)145-118-99(121-113(126)91-61-35-36-62-92(91)114(121)127)106(137-71-85-53-27-9-28-54-85)102(134-68-82-47-21-6-22-48-82)95(143-118)75-131-65-79-41-15-3-16-42-79/h1-62,93-108,115-118,128H,63-76H2. The molecule has 27 heteroatoms. The lowest BCUT2D eigenvalue weighted by Gasteiger charge is -2.53. The van der Waals surface area contributed by atoms with Gasteiger partial charge in [-0.25, -0.2) is 0 Å². The fraction of sp³-hybridized carbons (Fsp3) is 0.288. The van der Waals surface area contributed by atoms with Gasteiger partial charge in [-0.2, -0.15) is 0 Å². The lowest BCUT2D eigenvalue weighted by molar-refractivity contribution is -0.386. The van der Waals surface area contributed by atoms with Gasteiger partial charge in [0.05, 0.1) is 126 Å². The maximum atomic E-state index is 16.2. The van der Waals surface area contributed by atoms with Gasteiger partial charge in [0.2, 0.25) is 0 Å². The van der Waals surface area contributed by atoms with Gasteiger partial charge in [-0.3, -0.25) is 43.5 Å². The average molecular weight is 1960 g/mol. The normalized spacial score (nSPS) is 25.5. The van der Waals surface area contributed by atoms with Crippen molar-refractivity contribution in [1.82, 2.24) is 14.7 Å². The molecule has 7 aliphatic rings. The van der Waals surface area contributed by atoms with Gasteiger partial charge < -0.3 is 85.6 Å². The molecule has 27 nitrogen and oxygen atoms in total. The number of hydrogen-bond donors (Lipinski definition) is 1. The van der Waals surface area contributed by atoms with E-state index in [1.54, 1.807) is 72.8 Å². The minimum Gasteiger partial charge on any atom is -0.374 e. The van der Waals surface area contributed by atoms with E-state index in [1.807, 2.05) is 303 Å². The van der Waals surface area contributed by atoms with Gasteiger partial charge in [-0.05, 0) is 92.0 Å². The molecule has 13 aromatic carbocycles. The van der Waals surface area contributed by atoms with Crippen LogP contribution in [0.25, 0.3) is 0 Å². The van der Waals surface area contributed by atoms with Gasteiger partial charge in [0.15, 0.2) is 25.2 Å². The zero-order valence-electron chi connectivity index (χ0n) is 79.4. The van der Waals surface area contributed by atoms with Crippen LogP contribution in [0, 0.1) is 0 Å². The Balaban J connectivity index is 0.767. The van der Waals surface area contributed by atoms with Crippen molar-refractivity contribution in [3.05, 3.63) is 465 Å². The number of carbonyl (C=O) groups is 6. The van der Waals surface area contributed by atoms with Crippen molar-refractivity contribution in [3.8, 4) is 0 Å². The van der Waals surface area contributed by atoms with Crippen LogP contribution < -0.4 is 0 Å². The molecule has 20 rings (SSSR count). The van der Waals surface area contributed by atoms with Crippen LogP contribution in [0.4, 0.5) is 0 Å². The molecule has 0 spiro atoms. The van der Waals surface area contributed by atoms with Crippen molar-refractivity contribution in [2.75, 3.05) is 26.4 Å². The molecule has 7 aliphatic heterocycles. The highest BCUT2D eigenvalue weighted by atomic mass is 16.8. The molecule has 742 valence electrons. The first-order valence-corrected chi connectivity index (χ1v) is 48.9. The summed E-state index contributed by atoms with van der Waals surface area (Å²) in [5.74, 6) is -4.40. The molecule has 20 atom stereocenters. The molecule has 0 bridgehead atoms. The van der Waals surface area contributed by atoms with Crippen LogP contribution in [0.5, 0.6) is 0 Å². The SMILES string of the molecule is O=C1c2ccccc2C(=O)N1C1C(OCC2OC(O)C(OC3OC(COCc4ccccc4)C(OCc4ccccc4)C(OCc4ccccc4)C3N3C(=O)c4ccccc4C3=O)C(OCc3ccccc3)C2OC2OC(COCc3ccccc3)C(OCc3ccccc3)C(OCc3ccccc3)C2N2C(=O)c3ccccc3C2=O)OC(COCc2ccccc2)C(OCc2ccccc2)C1OCc1ccccc1. The number of amides is 6. The summed E-state index contributed by atoms with van der Waals surface area (Å²) >= 11 is 0. The van der Waals surface area contributed by atoms with Crippen molar-refractivity contribution in [3.63, 3.8) is 0 Å². The molecule has 20 unspecified atom stereocenters. The van der Waals surface area contributed by atoms with Crippen molar-refractivity contribution in [2.45, 2.75) is 189 Å². The summed E-state index contributed by atoms with van der Waals surface area (Å²) in [7, 11) is 0. The zero-order chi connectivity index (χ0) is 98.7. The van der Waals surface area contributed by atoms with Crippen LogP contribution in [0.1, 0.15) is 118 Å². The molecule has 0 aliphatic carbocycles. The highest BCUT2D eigenvalue weighted by Gasteiger charge is 2.63. The molecule has 13 aromatic rings. The second kappa shape index (κ2) is 47.6. The Bertz CT molecular complexity index is 6340. The first-order valence-electron chi connectivity index (χ1n) is 48.9. The number of aliphatic hydroxyl groups is 1. The Labute approximate surface area is 840 Å². The van der Waals surface area contributed by atoms with E-state index in [-0.39, 0.29) is 119 Å². The summed E-state index contributed by atoms with van der Waals surface area (Å²) in [4.78, 5) is 99.5. The summed E-state index contributed by atoms with van der Waals surface area (Å²) < 4.78 is 125. The van der Waals surface area contributed by atoms with Gasteiger partial charge in [-0.15, -0.1) is 0 Å². The van der Waals surface area contributed by atoms with E-state index in [4.69, 9.17) is 80.5 Å². The van der Waals surface area contributed by atoms with Crippen molar-refractivity contribution in [1.29, 1.82) is 0 Å². The summed E-state index contributed by atoms with van der Waals surface area (Å²) in [5, 5.41) is 14.2. The van der Waals surface area contributed by atoms with Crippen LogP contribution in [0.2, 0.25) is 0 Å². The number of fused-ring (bicyclic) bond motifs is 3. The van der Waals surface area contributed by atoms with E-state index in [0.29, 0.717) is 16.7 Å². The smallest absolute Gasteiger partial charge is 0.262 e. The van der Waals surface area contributed by atoms with E-state index >= 15 is 28.8 Å². The highest BCUT2D eigenvalue weighted by molar-refractivity contribution is 6.23. The Kier molecular flexibility index (Phi) is 32.5. The first-order chi connectivity index (χ1) is 71.4. The van der Waals surface area contributed by atoms with Crippen LogP contribution in [0.15, 0.2) is 376 Å². The predicted octanol–water partition coefficient (Wildman–Crippen LogP) is 16.4. The van der Waals surface area contributed by atoms with E-state index < -0.39 is 165 Å². The van der Waals surface area contributed by atoms with E-state index in [1.165, 1.54) is 0 Å². The maximum Gasteiger partial charge on any atom is 0.262 e. The number of rotatable bonds is 43. The van der Waals surface area contributed by atoms with Crippen LogP contribution >= 0.6 is 0 Å². The van der Waals surface area contributed by atoms with Crippen molar-refractivity contribution < 1.29 is 114 Å². The Morgan fingerprint density at radius 1 is 0.193 bits per heavy atom. The number of ether oxygens (including phenoxy) is 17.